The molecule has 0 fully saturated rings. The number of amides is 2. The fourth-order valence-corrected chi connectivity index (χ4v) is 3.42. The van der Waals surface area contributed by atoms with Crippen molar-refractivity contribution in [1.82, 2.24) is 9.80 Å². The molecule has 152 valence electrons. The Morgan fingerprint density at radius 3 is 2.21 bits per heavy atom. The lowest BCUT2D eigenvalue weighted by Crippen LogP contribution is -2.34. The fourth-order valence-electron chi connectivity index (χ4n) is 3.42. The van der Waals surface area contributed by atoms with Crippen molar-refractivity contribution in [2.24, 2.45) is 0 Å². The average molecular weight is 396 g/mol. The summed E-state index contributed by atoms with van der Waals surface area (Å²) < 4.78 is 10.8. The molecule has 0 spiro atoms. The van der Waals surface area contributed by atoms with Gasteiger partial charge in [-0.2, -0.15) is 0 Å². The molecule has 0 atom stereocenters. The van der Waals surface area contributed by atoms with E-state index in [1.54, 1.807) is 49.4 Å². The zero-order valence-corrected chi connectivity index (χ0v) is 16.7. The molecule has 7 nitrogen and oxygen atoms in total. The molecular formula is C22H24N2O5. The molecule has 0 saturated carbocycles. The van der Waals surface area contributed by atoms with Gasteiger partial charge in [-0.15, -0.1) is 0 Å². The van der Waals surface area contributed by atoms with E-state index in [0.717, 1.165) is 5.56 Å². The number of benzene rings is 2. The van der Waals surface area contributed by atoms with Crippen molar-refractivity contribution in [2.45, 2.75) is 6.54 Å². The summed E-state index contributed by atoms with van der Waals surface area (Å²) in [5, 5.41) is 9.36. The van der Waals surface area contributed by atoms with Gasteiger partial charge < -0.3 is 19.5 Å². The smallest absolute Gasteiger partial charge is 0.278 e. The summed E-state index contributed by atoms with van der Waals surface area (Å²) in [6.07, 6.45) is 0. The van der Waals surface area contributed by atoms with Crippen LogP contribution in [0.2, 0.25) is 0 Å². The predicted molar refractivity (Wildman–Crippen MR) is 108 cm³/mol. The molecule has 29 heavy (non-hydrogen) atoms. The molecule has 0 unspecified atom stereocenters. The van der Waals surface area contributed by atoms with Crippen molar-refractivity contribution in [3.05, 3.63) is 65.4 Å². The maximum Gasteiger partial charge on any atom is 0.278 e. The van der Waals surface area contributed by atoms with E-state index in [1.165, 1.54) is 12.0 Å². The first kappa shape index (κ1) is 20.4. The number of para-hydroxylation sites is 2. The normalized spacial score (nSPS) is 13.9. The lowest BCUT2D eigenvalue weighted by Gasteiger charge is -2.21. The quantitative estimate of drug-likeness (QED) is 0.687. The molecule has 1 heterocycles. The molecule has 0 bridgehead atoms. The minimum Gasteiger partial charge on any atom is -0.496 e. The zero-order chi connectivity index (χ0) is 21.0. The van der Waals surface area contributed by atoms with Crippen LogP contribution >= 0.6 is 0 Å². The van der Waals surface area contributed by atoms with E-state index in [9.17, 15) is 14.7 Å². The Labute approximate surface area is 169 Å². The van der Waals surface area contributed by atoms with Gasteiger partial charge in [-0.3, -0.25) is 14.5 Å². The lowest BCUT2D eigenvalue weighted by atomic mass is 10.0. The number of ether oxygens (including phenoxy) is 2. The van der Waals surface area contributed by atoms with E-state index in [1.807, 2.05) is 18.2 Å². The summed E-state index contributed by atoms with van der Waals surface area (Å²) in [7, 11) is 4.74. The molecule has 1 aliphatic rings. The van der Waals surface area contributed by atoms with Crippen molar-refractivity contribution in [3.8, 4) is 11.5 Å². The molecule has 1 N–H and O–H groups in total. The molecule has 0 aliphatic carbocycles. The van der Waals surface area contributed by atoms with Gasteiger partial charge in [-0.05, 0) is 12.1 Å². The average Bonchev–Trinajstić information content (AvgIpc) is 2.98. The molecule has 1 aliphatic heterocycles. The van der Waals surface area contributed by atoms with E-state index in [0.29, 0.717) is 17.1 Å². The molecule has 0 radical (unpaired) electrons. The minimum atomic E-state index is -0.419. The number of methoxy groups -OCH3 is 2. The van der Waals surface area contributed by atoms with E-state index in [4.69, 9.17) is 9.47 Å². The van der Waals surface area contributed by atoms with Crippen LogP contribution < -0.4 is 9.47 Å². The molecule has 2 aromatic rings. The third kappa shape index (κ3) is 3.82. The summed E-state index contributed by atoms with van der Waals surface area (Å²) in [5.41, 5.74) is 1.76. The summed E-state index contributed by atoms with van der Waals surface area (Å²) in [6, 6.07) is 14.3. The third-order valence-corrected chi connectivity index (χ3v) is 4.86. The molecule has 7 heteroatoms. The molecule has 3 rings (SSSR count). The SMILES string of the molecule is COc1ccccc1CN1C(=O)C(c2ccccc2OC)=C(N(C)CCO)C1=O. The molecule has 0 aromatic heterocycles. The van der Waals surface area contributed by atoms with Gasteiger partial charge in [0.1, 0.15) is 17.2 Å². The second-order valence-electron chi connectivity index (χ2n) is 6.58. The van der Waals surface area contributed by atoms with Gasteiger partial charge in [0.15, 0.2) is 0 Å². The Morgan fingerprint density at radius 1 is 0.931 bits per heavy atom. The van der Waals surface area contributed by atoms with E-state index >= 15 is 0 Å². The van der Waals surface area contributed by atoms with Crippen LogP contribution in [0, 0.1) is 0 Å². The van der Waals surface area contributed by atoms with Gasteiger partial charge in [0.05, 0.1) is 32.9 Å². The van der Waals surface area contributed by atoms with Crippen molar-refractivity contribution in [1.29, 1.82) is 0 Å². The van der Waals surface area contributed by atoms with Crippen molar-refractivity contribution in [3.63, 3.8) is 0 Å². The highest BCUT2D eigenvalue weighted by Gasteiger charge is 2.41. The van der Waals surface area contributed by atoms with E-state index in [2.05, 4.69) is 0 Å². The topological polar surface area (TPSA) is 79.3 Å². The first-order valence-corrected chi connectivity index (χ1v) is 9.21. The number of nitrogens with zero attached hydrogens (tertiary/aromatic N) is 2. The van der Waals surface area contributed by atoms with E-state index in [-0.39, 0.29) is 31.0 Å². The van der Waals surface area contributed by atoms with Crippen LogP contribution in [0.4, 0.5) is 0 Å². The molecule has 2 aromatic carbocycles. The van der Waals surface area contributed by atoms with E-state index < -0.39 is 11.8 Å². The van der Waals surface area contributed by atoms with Gasteiger partial charge in [0.2, 0.25) is 0 Å². The maximum absolute atomic E-state index is 13.4. The van der Waals surface area contributed by atoms with Crippen molar-refractivity contribution in [2.75, 3.05) is 34.4 Å². The van der Waals surface area contributed by atoms with Gasteiger partial charge in [-0.25, -0.2) is 0 Å². The van der Waals surface area contributed by atoms with Gasteiger partial charge in [0, 0.05) is 24.7 Å². The van der Waals surface area contributed by atoms with Gasteiger partial charge >= 0.3 is 0 Å². The number of carbonyl (C=O) groups is 2. The number of imide groups is 1. The monoisotopic (exact) mass is 396 g/mol. The first-order chi connectivity index (χ1) is 14.0. The molecule has 2 amide bonds. The Balaban J connectivity index is 2.07. The Hall–Kier alpha value is -3.32. The van der Waals surface area contributed by atoms with Crippen LogP contribution in [0.1, 0.15) is 11.1 Å². The van der Waals surface area contributed by atoms with Crippen molar-refractivity contribution < 1.29 is 24.2 Å². The summed E-state index contributed by atoms with van der Waals surface area (Å²) in [5.74, 6) is 0.268. The number of rotatable bonds is 8. The minimum absolute atomic E-state index is 0.0802. The van der Waals surface area contributed by atoms with Crippen LogP contribution in [0.3, 0.4) is 0 Å². The Bertz CT molecular complexity index is 954. The second-order valence-corrected chi connectivity index (χ2v) is 6.58. The Kier molecular flexibility index (Phi) is 6.19. The first-order valence-electron chi connectivity index (χ1n) is 9.21. The highest BCUT2D eigenvalue weighted by Crippen LogP contribution is 2.36. The zero-order valence-electron chi connectivity index (χ0n) is 16.7. The van der Waals surface area contributed by atoms with Crippen LogP contribution in [0.5, 0.6) is 11.5 Å². The highest BCUT2D eigenvalue weighted by atomic mass is 16.5. The predicted octanol–water partition coefficient (Wildman–Crippen LogP) is 1.91. The molecular weight excluding hydrogens is 372 g/mol. The number of hydrogen-bond acceptors (Lipinski definition) is 6. The van der Waals surface area contributed by atoms with Crippen LogP contribution in [-0.2, 0) is 16.1 Å². The van der Waals surface area contributed by atoms with Crippen LogP contribution in [0.25, 0.3) is 5.57 Å². The summed E-state index contributed by atoms with van der Waals surface area (Å²) >= 11 is 0. The lowest BCUT2D eigenvalue weighted by molar-refractivity contribution is -0.138. The van der Waals surface area contributed by atoms with Gasteiger partial charge in [-0.1, -0.05) is 36.4 Å². The number of likely N-dealkylation sites (N-methyl/N-ethyl adjacent to an activating group) is 1. The Morgan fingerprint density at radius 2 is 1.55 bits per heavy atom. The second kappa shape index (κ2) is 8.79. The number of carbonyl (C=O) groups excluding carboxylic acids is 2. The third-order valence-electron chi connectivity index (χ3n) is 4.86. The van der Waals surface area contributed by atoms with Gasteiger partial charge in [0.25, 0.3) is 11.8 Å². The highest BCUT2D eigenvalue weighted by molar-refractivity contribution is 6.35. The maximum atomic E-state index is 13.4. The summed E-state index contributed by atoms with van der Waals surface area (Å²) in [4.78, 5) is 29.4. The number of hydrogen-bond donors (Lipinski definition) is 1. The van der Waals surface area contributed by atoms with Crippen LogP contribution in [-0.4, -0.2) is 61.1 Å². The number of aliphatic hydroxyl groups excluding tert-OH is 1. The fraction of sp³-hybridized carbons (Fsp3) is 0.273. The largest absolute Gasteiger partial charge is 0.496 e. The molecule has 0 saturated heterocycles. The number of aliphatic hydroxyl groups is 1. The summed E-state index contributed by atoms with van der Waals surface area (Å²) in [6.45, 7) is 0.152. The van der Waals surface area contributed by atoms with Crippen molar-refractivity contribution >= 4 is 17.4 Å². The standard InChI is InChI=1S/C22H24N2O5/c1-23(12-13-25)20-19(16-9-5-7-11-18(16)29-3)21(26)24(22(20)27)14-15-8-4-6-10-17(15)28-2/h4-11,25H,12-14H2,1-3H3. The van der Waals surface area contributed by atoms with Crippen LogP contribution in [0.15, 0.2) is 54.2 Å².